The van der Waals surface area contributed by atoms with Gasteiger partial charge in [0, 0.05) is 12.3 Å². The molecule has 0 aliphatic heterocycles. The number of hydrogen-bond acceptors (Lipinski definition) is 5. The van der Waals surface area contributed by atoms with Gasteiger partial charge in [0.1, 0.15) is 0 Å². The van der Waals surface area contributed by atoms with E-state index in [0.29, 0.717) is 11.3 Å². The minimum absolute atomic E-state index is 0.302. The average Bonchev–Trinajstić information content (AvgIpc) is 2.26. The van der Waals surface area contributed by atoms with Crippen LogP contribution in [0.15, 0.2) is 24.5 Å². The van der Waals surface area contributed by atoms with Crippen molar-refractivity contribution in [2.45, 2.75) is 0 Å². The van der Waals surface area contributed by atoms with Crippen molar-refractivity contribution in [3.63, 3.8) is 0 Å². The lowest BCUT2D eigenvalue weighted by Gasteiger charge is -1.97. The summed E-state index contributed by atoms with van der Waals surface area (Å²) >= 11 is 0. The number of pyridine rings is 1. The van der Waals surface area contributed by atoms with Crippen molar-refractivity contribution in [2.75, 3.05) is 7.11 Å². The second-order valence-corrected chi connectivity index (χ2v) is 2.56. The largest absolute Gasteiger partial charge is 0.465 e. The van der Waals surface area contributed by atoms with Gasteiger partial charge in [-0.15, -0.1) is 0 Å². The Morgan fingerprint density at radius 3 is 2.80 bits per heavy atom. The number of nitro groups is 1. The molecule has 78 valence electrons. The molecular weight excluding hydrogens is 200 g/mol. The molecule has 0 radical (unpaired) electrons. The zero-order valence-corrected chi connectivity index (χ0v) is 7.91. The van der Waals surface area contributed by atoms with Crippen LogP contribution in [0.5, 0.6) is 0 Å². The van der Waals surface area contributed by atoms with E-state index in [4.69, 9.17) is 0 Å². The van der Waals surface area contributed by atoms with Gasteiger partial charge in [0.2, 0.25) is 6.20 Å². The fourth-order valence-electron chi connectivity index (χ4n) is 0.880. The second kappa shape index (κ2) is 4.85. The number of nitrogens with zero attached hydrogens (tertiary/aromatic N) is 2. The van der Waals surface area contributed by atoms with Crippen LogP contribution in [0.1, 0.15) is 16.1 Å². The van der Waals surface area contributed by atoms with E-state index < -0.39 is 10.9 Å². The molecule has 0 N–H and O–H groups in total. The highest BCUT2D eigenvalue weighted by Gasteiger charge is 2.04. The Balaban J connectivity index is 2.81. The van der Waals surface area contributed by atoms with Crippen LogP contribution in [0.4, 0.5) is 0 Å². The topological polar surface area (TPSA) is 82.3 Å². The summed E-state index contributed by atoms with van der Waals surface area (Å²) in [5.41, 5.74) is 0.704. The molecule has 1 heterocycles. The predicted molar refractivity (Wildman–Crippen MR) is 51.6 cm³/mol. The maximum Gasteiger partial charge on any atom is 0.339 e. The summed E-state index contributed by atoms with van der Waals surface area (Å²) in [5.74, 6) is -0.493. The van der Waals surface area contributed by atoms with Crippen LogP contribution < -0.4 is 0 Å². The van der Waals surface area contributed by atoms with Crippen molar-refractivity contribution in [1.29, 1.82) is 0 Å². The van der Waals surface area contributed by atoms with E-state index in [1.54, 1.807) is 0 Å². The first-order valence-electron chi connectivity index (χ1n) is 3.99. The molecule has 0 amide bonds. The zero-order valence-electron chi connectivity index (χ0n) is 7.91. The molecule has 0 aliphatic rings. The average molecular weight is 208 g/mol. The molecule has 0 spiro atoms. The highest BCUT2D eigenvalue weighted by Crippen LogP contribution is 2.03. The molecule has 0 fully saturated rings. The molecular formula is C9H8N2O4. The van der Waals surface area contributed by atoms with Gasteiger partial charge in [-0.2, -0.15) is 0 Å². The molecule has 0 unspecified atom stereocenters. The van der Waals surface area contributed by atoms with Crippen LogP contribution in [0, 0.1) is 10.1 Å². The molecule has 0 aliphatic carbocycles. The van der Waals surface area contributed by atoms with E-state index in [9.17, 15) is 14.9 Å². The first-order chi connectivity index (χ1) is 7.13. The molecule has 6 nitrogen and oxygen atoms in total. The number of esters is 1. The Morgan fingerprint density at radius 2 is 2.33 bits per heavy atom. The van der Waals surface area contributed by atoms with Crippen molar-refractivity contribution in [1.82, 2.24) is 4.98 Å². The van der Waals surface area contributed by atoms with Gasteiger partial charge >= 0.3 is 5.97 Å². The number of hydrogen-bond donors (Lipinski definition) is 0. The van der Waals surface area contributed by atoms with Crippen LogP contribution in [0.3, 0.4) is 0 Å². The second-order valence-electron chi connectivity index (χ2n) is 2.56. The standard InChI is InChI=1S/C9H8N2O4/c1-15-9(12)7-2-3-8(10-6-7)4-5-11(13)14/h2-6H,1H3/b5-4+. The van der Waals surface area contributed by atoms with Gasteiger partial charge < -0.3 is 4.74 Å². The summed E-state index contributed by atoms with van der Waals surface area (Å²) in [6, 6.07) is 2.98. The van der Waals surface area contributed by atoms with E-state index in [1.165, 1.54) is 31.5 Å². The molecule has 0 atom stereocenters. The minimum Gasteiger partial charge on any atom is -0.465 e. The third-order valence-electron chi connectivity index (χ3n) is 1.57. The third kappa shape index (κ3) is 3.18. The number of aromatic nitrogens is 1. The summed E-state index contributed by atoms with van der Waals surface area (Å²) < 4.78 is 4.47. The van der Waals surface area contributed by atoms with Gasteiger partial charge in [0.05, 0.1) is 23.3 Å². The number of carbonyl (C=O) groups is 1. The Hall–Kier alpha value is -2.24. The summed E-state index contributed by atoms with van der Waals surface area (Å²) in [7, 11) is 1.27. The van der Waals surface area contributed by atoms with Gasteiger partial charge in [-0.05, 0) is 12.1 Å². The Bertz CT molecular complexity index is 397. The first kappa shape index (κ1) is 10.8. The third-order valence-corrected chi connectivity index (χ3v) is 1.57. The van der Waals surface area contributed by atoms with Crippen LogP contribution in [0.25, 0.3) is 6.08 Å². The number of rotatable bonds is 3. The Morgan fingerprint density at radius 1 is 1.60 bits per heavy atom. The summed E-state index contributed by atoms with van der Waals surface area (Å²) in [6.45, 7) is 0. The van der Waals surface area contributed by atoms with E-state index in [1.807, 2.05) is 0 Å². The van der Waals surface area contributed by atoms with Crippen molar-refractivity contribution in [3.8, 4) is 0 Å². The minimum atomic E-state index is -0.587. The van der Waals surface area contributed by atoms with Gasteiger partial charge in [0.25, 0.3) is 0 Å². The lowest BCUT2D eigenvalue weighted by atomic mass is 10.2. The van der Waals surface area contributed by atoms with Crippen LogP contribution in [-0.4, -0.2) is 23.0 Å². The first-order valence-corrected chi connectivity index (χ1v) is 3.99. The quantitative estimate of drug-likeness (QED) is 0.422. The zero-order chi connectivity index (χ0) is 11.3. The molecule has 0 saturated carbocycles. The van der Waals surface area contributed by atoms with Gasteiger partial charge in [0.15, 0.2) is 0 Å². The lowest BCUT2D eigenvalue weighted by Crippen LogP contribution is -2.01. The molecule has 6 heteroatoms. The molecule has 15 heavy (non-hydrogen) atoms. The van der Waals surface area contributed by atoms with E-state index in [0.717, 1.165) is 6.20 Å². The monoisotopic (exact) mass is 208 g/mol. The number of methoxy groups -OCH3 is 1. The lowest BCUT2D eigenvalue weighted by molar-refractivity contribution is -0.401. The van der Waals surface area contributed by atoms with Gasteiger partial charge in [-0.1, -0.05) is 0 Å². The SMILES string of the molecule is COC(=O)c1ccc(/C=C/[N+](=O)[O-])nc1. The van der Waals surface area contributed by atoms with Crippen LogP contribution >= 0.6 is 0 Å². The highest BCUT2D eigenvalue weighted by molar-refractivity contribution is 5.88. The summed E-state index contributed by atoms with van der Waals surface area (Å²) in [5, 5.41) is 10.0. The maximum absolute atomic E-state index is 11.0. The van der Waals surface area contributed by atoms with E-state index >= 15 is 0 Å². The van der Waals surface area contributed by atoms with Crippen molar-refractivity contribution in [2.24, 2.45) is 0 Å². The van der Waals surface area contributed by atoms with E-state index in [-0.39, 0.29) is 0 Å². The molecule has 1 aromatic rings. The molecule has 0 saturated heterocycles. The van der Waals surface area contributed by atoms with Crippen LogP contribution in [-0.2, 0) is 4.74 Å². The van der Waals surface area contributed by atoms with Crippen molar-refractivity contribution in [3.05, 3.63) is 45.9 Å². The number of carbonyl (C=O) groups excluding carboxylic acids is 1. The number of ether oxygens (including phenoxy) is 1. The maximum atomic E-state index is 11.0. The summed E-state index contributed by atoms with van der Waals surface area (Å²) in [6.07, 6.45) is 3.31. The Labute approximate surface area is 85.3 Å². The molecule has 1 aromatic heterocycles. The van der Waals surface area contributed by atoms with Crippen molar-refractivity contribution < 1.29 is 14.5 Å². The Kier molecular flexibility index (Phi) is 3.50. The smallest absolute Gasteiger partial charge is 0.339 e. The van der Waals surface area contributed by atoms with Gasteiger partial charge in [-0.3, -0.25) is 15.1 Å². The summed E-state index contributed by atoms with van der Waals surface area (Å²) in [4.78, 5) is 24.3. The van der Waals surface area contributed by atoms with Gasteiger partial charge in [-0.25, -0.2) is 4.79 Å². The predicted octanol–water partition coefficient (Wildman–Crippen LogP) is 1.12. The molecule has 0 aromatic carbocycles. The van der Waals surface area contributed by atoms with Crippen LogP contribution in [0.2, 0.25) is 0 Å². The normalized spacial score (nSPS) is 10.2. The molecule has 1 rings (SSSR count). The van der Waals surface area contributed by atoms with E-state index in [2.05, 4.69) is 9.72 Å². The highest BCUT2D eigenvalue weighted by atomic mass is 16.6. The van der Waals surface area contributed by atoms with Crippen molar-refractivity contribution >= 4 is 12.0 Å². The fourth-order valence-corrected chi connectivity index (χ4v) is 0.880. The fraction of sp³-hybridized carbons (Fsp3) is 0.111. The molecule has 0 bridgehead atoms.